The number of ether oxygens (including phenoxy) is 1. The van der Waals surface area contributed by atoms with Crippen molar-refractivity contribution >= 4 is 12.3 Å². The number of halogens is 1. The van der Waals surface area contributed by atoms with E-state index in [0.29, 0.717) is 13.1 Å². The van der Waals surface area contributed by atoms with Crippen molar-refractivity contribution < 1.29 is 13.9 Å². The standard InChI is InChI=1S/C14H17FN2O2/c1-3-17(4-2)14(18)12-13(19-9-16-12)10-5-7-11(15)8-6-10/h5-9,12-13H,3-4H2,1-2H3/t12-,13+/m1/s1. The second-order valence-corrected chi connectivity index (χ2v) is 4.32. The Morgan fingerprint density at radius 3 is 2.53 bits per heavy atom. The fourth-order valence-electron chi connectivity index (χ4n) is 2.15. The third-order valence-corrected chi connectivity index (χ3v) is 3.24. The molecule has 1 aliphatic rings. The third-order valence-electron chi connectivity index (χ3n) is 3.24. The summed E-state index contributed by atoms with van der Waals surface area (Å²) < 4.78 is 18.3. The predicted octanol–water partition coefficient (Wildman–Crippen LogP) is 2.16. The van der Waals surface area contributed by atoms with Crippen LogP contribution in [0.15, 0.2) is 29.3 Å². The van der Waals surface area contributed by atoms with E-state index in [2.05, 4.69) is 4.99 Å². The molecule has 1 aromatic carbocycles. The van der Waals surface area contributed by atoms with E-state index in [4.69, 9.17) is 4.74 Å². The van der Waals surface area contributed by atoms with Gasteiger partial charge in [0, 0.05) is 13.1 Å². The molecule has 0 bridgehead atoms. The Kier molecular flexibility index (Phi) is 4.14. The van der Waals surface area contributed by atoms with Gasteiger partial charge in [-0.25, -0.2) is 9.38 Å². The minimum absolute atomic E-state index is 0.0620. The molecule has 1 heterocycles. The van der Waals surface area contributed by atoms with Crippen molar-refractivity contribution in [2.45, 2.75) is 26.0 Å². The van der Waals surface area contributed by atoms with E-state index < -0.39 is 12.1 Å². The number of nitrogens with zero attached hydrogens (tertiary/aromatic N) is 2. The molecule has 102 valence electrons. The summed E-state index contributed by atoms with van der Waals surface area (Å²) in [5.74, 6) is -0.373. The molecule has 1 aromatic rings. The Morgan fingerprint density at radius 2 is 1.95 bits per heavy atom. The highest BCUT2D eigenvalue weighted by molar-refractivity contribution is 5.85. The molecule has 1 amide bonds. The highest BCUT2D eigenvalue weighted by atomic mass is 19.1. The number of amides is 1. The number of benzene rings is 1. The summed E-state index contributed by atoms with van der Waals surface area (Å²) in [5, 5.41) is 0. The van der Waals surface area contributed by atoms with Crippen molar-refractivity contribution in [2.75, 3.05) is 13.1 Å². The van der Waals surface area contributed by atoms with E-state index in [1.54, 1.807) is 17.0 Å². The van der Waals surface area contributed by atoms with Gasteiger partial charge >= 0.3 is 0 Å². The van der Waals surface area contributed by atoms with Crippen molar-refractivity contribution in [3.05, 3.63) is 35.6 Å². The van der Waals surface area contributed by atoms with Crippen molar-refractivity contribution in [2.24, 2.45) is 4.99 Å². The molecule has 5 heteroatoms. The summed E-state index contributed by atoms with van der Waals surface area (Å²) in [6, 6.07) is 5.38. The Labute approximate surface area is 111 Å². The van der Waals surface area contributed by atoms with E-state index in [-0.39, 0.29) is 11.7 Å². The lowest BCUT2D eigenvalue weighted by Gasteiger charge is -2.24. The molecule has 0 N–H and O–H groups in total. The molecule has 0 spiro atoms. The average Bonchev–Trinajstić information content (AvgIpc) is 2.90. The number of aliphatic imine (C=N–C) groups is 1. The molecule has 19 heavy (non-hydrogen) atoms. The van der Waals surface area contributed by atoms with Gasteiger partial charge in [-0.05, 0) is 31.5 Å². The summed E-state index contributed by atoms with van der Waals surface area (Å²) in [6.07, 6.45) is 0.841. The minimum atomic E-state index is -0.578. The second kappa shape index (κ2) is 5.82. The lowest BCUT2D eigenvalue weighted by Crippen LogP contribution is -2.39. The average molecular weight is 264 g/mol. The van der Waals surface area contributed by atoms with E-state index >= 15 is 0 Å². The summed E-state index contributed by atoms with van der Waals surface area (Å²) in [6.45, 7) is 5.12. The first-order valence-electron chi connectivity index (χ1n) is 6.38. The molecule has 4 nitrogen and oxygen atoms in total. The maximum atomic E-state index is 12.9. The SMILES string of the molecule is CCN(CC)C(=O)[C@@H]1N=CO[C@H]1c1ccc(F)cc1. The van der Waals surface area contributed by atoms with Gasteiger partial charge < -0.3 is 9.64 Å². The molecule has 0 radical (unpaired) electrons. The van der Waals surface area contributed by atoms with Crippen LogP contribution in [0.1, 0.15) is 25.5 Å². The molecule has 2 atom stereocenters. The zero-order chi connectivity index (χ0) is 13.8. The molecule has 0 aliphatic carbocycles. The van der Waals surface area contributed by atoms with Crippen molar-refractivity contribution in [1.29, 1.82) is 0 Å². The maximum absolute atomic E-state index is 12.9. The van der Waals surface area contributed by atoms with E-state index in [1.807, 2.05) is 13.8 Å². The molecule has 1 aliphatic heterocycles. The number of hydrogen-bond donors (Lipinski definition) is 0. The fourth-order valence-corrected chi connectivity index (χ4v) is 2.15. The van der Waals surface area contributed by atoms with Gasteiger partial charge in [0.25, 0.3) is 5.91 Å². The predicted molar refractivity (Wildman–Crippen MR) is 70.4 cm³/mol. The van der Waals surface area contributed by atoms with Crippen LogP contribution >= 0.6 is 0 Å². The van der Waals surface area contributed by atoms with Gasteiger partial charge in [0.2, 0.25) is 0 Å². The number of rotatable bonds is 4. The first-order chi connectivity index (χ1) is 9.17. The smallest absolute Gasteiger partial charge is 0.251 e. The van der Waals surface area contributed by atoms with Gasteiger partial charge in [0.05, 0.1) is 0 Å². The topological polar surface area (TPSA) is 41.9 Å². The highest BCUT2D eigenvalue weighted by Gasteiger charge is 2.35. The first kappa shape index (κ1) is 13.5. The summed E-state index contributed by atoms with van der Waals surface area (Å²) in [4.78, 5) is 18.1. The Bertz CT molecular complexity index is 469. The zero-order valence-electron chi connectivity index (χ0n) is 11.0. The first-order valence-corrected chi connectivity index (χ1v) is 6.38. The Balaban J connectivity index is 2.18. The number of carbonyl (C=O) groups excluding carboxylic acids is 1. The maximum Gasteiger partial charge on any atom is 0.251 e. The molecule has 0 saturated heterocycles. The lowest BCUT2D eigenvalue weighted by molar-refractivity contribution is -0.133. The molecular formula is C14H17FN2O2. The third kappa shape index (κ3) is 2.75. The fraction of sp³-hybridized carbons (Fsp3) is 0.429. The van der Waals surface area contributed by atoms with Crippen LogP contribution in [0.4, 0.5) is 4.39 Å². The van der Waals surface area contributed by atoms with Gasteiger partial charge in [-0.2, -0.15) is 0 Å². The zero-order valence-corrected chi connectivity index (χ0v) is 11.0. The summed E-state index contributed by atoms with van der Waals surface area (Å²) >= 11 is 0. The van der Waals surface area contributed by atoms with Gasteiger partial charge in [0.1, 0.15) is 5.82 Å². The monoisotopic (exact) mass is 264 g/mol. The van der Waals surface area contributed by atoms with Crippen LogP contribution in [-0.2, 0) is 9.53 Å². The molecular weight excluding hydrogens is 247 g/mol. The quantitative estimate of drug-likeness (QED) is 0.836. The van der Waals surface area contributed by atoms with Crippen molar-refractivity contribution in [1.82, 2.24) is 4.90 Å². The van der Waals surface area contributed by atoms with Crippen LogP contribution in [0.5, 0.6) is 0 Å². The molecule has 0 fully saturated rings. The van der Waals surface area contributed by atoms with Gasteiger partial charge in [-0.3, -0.25) is 4.79 Å². The van der Waals surface area contributed by atoms with Crippen LogP contribution in [0, 0.1) is 5.82 Å². The van der Waals surface area contributed by atoms with Crippen LogP contribution in [0.25, 0.3) is 0 Å². The van der Waals surface area contributed by atoms with Crippen LogP contribution in [-0.4, -0.2) is 36.3 Å². The van der Waals surface area contributed by atoms with Gasteiger partial charge in [0.15, 0.2) is 18.5 Å². The van der Waals surface area contributed by atoms with Crippen molar-refractivity contribution in [3.8, 4) is 0 Å². The molecule has 0 aromatic heterocycles. The van der Waals surface area contributed by atoms with E-state index in [1.165, 1.54) is 18.5 Å². The molecule has 0 saturated carbocycles. The van der Waals surface area contributed by atoms with Crippen molar-refractivity contribution in [3.63, 3.8) is 0 Å². The van der Waals surface area contributed by atoms with E-state index in [9.17, 15) is 9.18 Å². The largest absolute Gasteiger partial charge is 0.473 e. The summed E-state index contributed by atoms with van der Waals surface area (Å²) in [7, 11) is 0. The molecule has 2 rings (SSSR count). The van der Waals surface area contributed by atoms with Crippen LogP contribution in [0.3, 0.4) is 0 Å². The minimum Gasteiger partial charge on any atom is -0.473 e. The number of likely N-dealkylation sites (N-methyl/N-ethyl adjacent to an activating group) is 1. The normalized spacial score (nSPS) is 21.2. The Morgan fingerprint density at radius 1 is 1.32 bits per heavy atom. The lowest BCUT2D eigenvalue weighted by atomic mass is 10.0. The molecule has 0 unspecified atom stereocenters. The van der Waals surface area contributed by atoms with Gasteiger partial charge in [-0.15, -0.1) is 0 Å². The Hall–Kier alpha value is -1.91. The van der Waals surface area contributed by atoms with Crippen LogP contribution < -0.4 is 0 Å². The highest BCUT2D eigenvalue weighted by Crippen LogP contribution is 2.28. The number of hydrogen-bond acceptors (Lipinski definition) is 3. The van der Waals surface area contributed by atoms with Gasteiger partial charge in [-0.1, -0.05) is 12.1 Å². The second-order valence-electron chi connectivity index (χ2n) is 4.32. The summed E-state index contributed by atoms with van der Waals surface area (Å²) in [5.41, 5.74) is 0.754. The van der Waals surface area contributed by atoms with E-state index in [0.717, 1.165) is 5.56 Å². The van der Waals surface area contributed by atoms with Crippen LogP contribution in [0.2, 0.25) is 0 Å². The number of carbonyl (C=O) groups is 1.